The van der Waals surface area contributed by atoms with Crippen molar-refractivity contribution in [3.63, 3.8) is 0 Å². The molecule has 4 nitrogen and oxygen atoms in total. The van der Waals surface area contributed by atoms with E-state index in [0.29, 0.717) is 6.04 Å². The van der Waals surface area contributed by atoms with Crippen LogP contribution in [0.3, 0.4) is 0 Å². The second-order valence-corrected chi connectivity index (χ2v) is 4.56. The van der Waals surface area contributed by atoms with Crippen LogP contribution in [-0.4, -0.2) is 22.4 Å². The van der Waals surface area contributed by atoms with E-state index in [4.69, 9.17) is 4.42 Å². The SMILES string of the molecule is CCNC(CCc1ccco1)Cc1ccn(C)n1. The summed E-state index contributed by atoms with van der Waals surface area (Å²) in [6.45, 7) is 3.12. The van der Waals surface area contributed by atoms with Gasteiger partial charge in [-0.2, -0.15) is 5.10 Å². The minimum Gasteiger partial charge on any atom is -0.469 e. The van der Waals surface area contributed by atoms with Crippen molar-refractivity contribution >= 4 is 0 Å². The van der Waals surface area contributed by atoms with E-state index < -0.39 is 0 Å². The van der Waals surface area contributed by atoms with E-state index in [1.165, 1.54) is 0 Å². The molecular formula is C14H21N3O. The predicted molar refractivity (Wildman–Crippen MR) is 71.4 cm³/mol. The van der Waals surface area contributed by atoms with Crippen LogP contribution in [0, 0.1) is 0 Å². The van der Waals surface area contributed by atoms with Crippen LogP contribution < -0.4 is 5.32 Å². The summed E-state index contributed by atoms with van der Waals surface area (Å²) in [7, 11) is 1.95. The van der Waals surface area contributed by atoms with Gasteiger partial charge in [0, 0.05) is 32.1 Å². The minimum absolute atomic E-state index is 0.454. The molecule has 0 amide bonds. The third-order valence-electron chi connectivity index (χ3n) is 3.04. The van der Waals surface area contributed by atoms with Gasteiger partial charge in [-0.1, -0.05) is 6.92 Å². The van der Waals surface area contributed by atoms with Crippen LogP contribution in [0.1, 0.15) is 24.8 Å². The van der Waals surface area contributed by atoms with Crippen molar-refractivity contribution in [2.75, 3.05) is 6.54 Å². The summed E-state index contributed by atoms with van der Waals surface area (Å²) >= 11 is 0. The highest BCUT2D eigenvalue weighted by Gasteiger charge is 2.11. The lowest BCUT2D eigenvalue weighted by atomic mass is 10.0. The molecule has 2 aromatic heterocycles. The van der Waals surface area contributed by atoms with Crippen molar-refractivity contribution in [1.82, 2.24) is 15.1 Å². The zero-order chi connectivity index (χ0) is 12.8. The summed E-state index contributed by atoms with van der Waals surface area (Å²) in [5.41, 5.74) is 1.14. The summed E-state index contributed by atoms with van der Waals surface area (Å²) in [4.78, 5) is 0. The van der Waals surface area contributed by atoms with Gasteiger partial charge >= 0.3 is 0 Å². The summed E-state index contributed by atoms with van der Waals surface area (Å²) < 4.78 is 7.22. The zero-order valence-corrected chi connectivity index (χ0v) is 11.1. The van der Waals surface area contributed by atoms with E-state index in [9.17, 15) is 0 Å². The molecule has 0 radical (unpaired) electrons. The van der Waals surface area contributed by atoms with Crippen molar-refractivity contribution in [3.8, 4) is 0 Å². The van der Waals surface area contributed by atoms with E-state index in [1.54, 1.807) is 6.26 Å². The minimum atomic E-state index is 0.454. The van der Waals surface area contributed by atoms with Crippen molar-refractivity contribution in [2.24, 2.45) is 7.05 Å². The number of nitrogens with zero attached hydrogens (tertiary/aromatic N) is 2. The second kappa shape index (κ2) is 6.40. The van der Waals surface area contributed by atoms with E-state index in [-0.39, 0.29) is 0 Å². The van der Waals surface area contributed by atoms with Gasteiger partial charge in [0.05, 0.1) is 12.0 Å². The molecule has 2 aromatic rings. The highest BCUT2D eigenvalue weighted by atomic mass is 16.3. The Morgan fingerprint density at radius 2 is 2.33 bits per heavy atom. The van der Waals surface area contributed by atoms with Gasteiger partial charge < -0.3 is 9.73 Å². The van der Waals surface area contributed by atoms with Gasteiger partial charge in [0.25, 0.3) is 0 Å². The molecule has 0 fully saturated rings. The van der Waals surface area contributed by atoms with Gasteiger partial charge in [-0.25, -0.2) is 0 Å². The van der Waals surface area contributed by atoms with Crippen molar-refractivity contribution in [2.45, 2.75) is 32.2 Å². The van der Waals surface area contributed by atoms with E-state index >= 15 is 0 Å². The molecule has 0 saturated carbocycles. The normalized spacial score (nSPS) is 12.8. The lowest BCUT2D eigenvalue weighted by Crippen LogP contribution is -2.31. The monoisotopic (exact) mass is 247 g/mol. The number of rotatable bonds is 7. The fourth-order valence-electron chi connectivity index (χ4n) is 2.16. The van der Waals surface area contributed by atoms with Crippen molar-refractivity contribution < 1.29 is 4.42 Å². The Hall–Kier alpha value is -1.55. The van der Waals surface area contributed by atoms with Crippen LogP contribution in [0.5, 0.6) is 0 Å². The van der Waals surface area contributed by atoms with E-state index in [0.717, 1.165) is 37.3 Å². The van der Waals surface area contributed by atoms with Gasteiger partial charge in [-0.05, 0) is 31.2 Å². The molecule has 0 bridgehead atoms. The number of aromatic nitrogens is 2. The number of hydrogen-bond donors (Lipinski definition) is 1. The van der Waals surface area contributed by atoms with Gasteiger partial charge in [0.2, 0.25) is 0 Å². The number of nitrogens with one attached hydrogen (secondary N) is 1. The molecule has 2 rings (SSSR count). The molecular weight excluding hydrogens is 226 g/mol. The molecule has 0 aliphatic rings. The summed E-state index contributed by atoms with van der Waals surface area (Å²) in [5.74, 6) is 1.05. The molecule has 0 aromatic carbocycles. The standard InChI is InChI=1S/C14H21N3O/c1-3-15-12(6-7-14-5-4-10-18-14)11-13-8-9-17(2)16-13/h4-5,8-10,12,15H,3,6-7,11H2,1-2H3. The van der Waals surface area contributed by atoms with Gasteiger partial charge in [-0.15, -0.1) is 0 Å². The molecule has 4 heteroatoms. The first-order chi connectivity index (χ1) is 8.78. The molecule has 2 heterocycles. The Balaban J connectivity index is 1.87. The molecule has 1 atom stereocenters. The van der Waals surface area contributed by atoms with Crippen LogP contribution in [0.4, 0.5) is 0 Å². The second-order valence-electron chi connectivity index (χ2n) is 4.56. The first-order valence-corrected chi connectivity index (χ1v) is 6.52. The van der Waals surface area contributed by atoms with Gasteiger partial charge in [0.15, 0.2) is 0 Å². The van der Waals surface area contributed by atoms with Crippen LogP contribution in [-0.2, 0) is 19.9 Å². The number of furan rings is 1. The summed E-state index contributed by atoms with van der Waals surface area (Å²) in [6.07, 6.45) is 6.73. The fraction of sp³-hybridized carbons (Fsp3) is 0.500. The molecule has 0 saturated heterocycles. The summed E-state index contributed by atoms with van der Waals surface area (Å²) in [6, 6.07) is 6.51. The highest BCUT2D eigenvalue weighted by molar-refractivity contribution is 5.03. The largest absolute Gasteiger partial charge is 0.469 e. The Kier molecular flexibility index (Phi) is 4.59. The lowest BCUT2D eigenvalue weighted by molar-refractivity contribution is 0.444. The topological polar surface area (TPSA) is 43.0 Å². The Labute approximate surface area is 108 Å². The maximum absolute atomic E-state index is 5.37. The predicted octanol–water partition coefficient (Wildman–Crippen LogP) is 2.17. The first-order valence-electron chi connectivity index (χ1n) is 6.52. The smallest absolute Gasteiger partial charge is 0.103 e. The molecule has 0 aliphatic heterocycles. The van der Waals surface area contributed by atoms with Crippen LogP contribution in [0.15, 0.2) is 35.1 Å². The molecule has 98 valence electrons. The summed E-state index contributed by atoms with van der Waals surface area (Å²) in [5, 5.41) is 7.94. The average Bonchev–Trinajstić information content (AvgIpc) is 2.98. The quantitative estimate of drug-likeness (QED) is 0.815. The molecule has 0 spiro atoms. The number of aryl methyl sites for hydroxylation is 2. The maximum atomic E-state index is 5.37. The first kappa shape index (κ1) is 12.9. The number of hydrogen-bond acceptors (Lipinski definition) is 3. The maximum Gasteiger partial charge on any atom is 0.103 e. The zero-order valence-electron chi connectivity index (χ0n) is 11.1. The Bertz CT molecular complexity index is 447. The van der Waals surface area contributed by atoms with Gasteiger partial charge in [-0.3, -0.25) is 4.68 Å². The van der Waals surface area contributed by atoms with Gasteiger partial charge in [0.1, 0.15) is 5.76 Å². The third-order valence-corrected chi connectivity index (χ3v) is 3.04. The molecule has 18 heavy (non-hydrogen) atoms. The van der Waals surface area contributed by atoms with E-state index in [1.807, 2.05) is 30.1 Å². The average molecular weight is 247 g/mol. The van der Waals surface area contributed by atoms with Crippen molar-refractivity contribution in [1.29, 1.82) is 0 Å². The van der Waals surface area contributed by atoms with Crippen LogP contribution in [0.25, 0.3) is 0 Å². The lowest BCUT2D eigenvalue weighted by Gasteiger charge is -2.16. The molecule has 1 N–H and O–H groups in total. The molecule has 0 aliphatic carbocycles. The third kappa shape index (κ3) is 3.74. The fourth-order valence-corrected chi connectivity index (χ4v) is 2.16. The van der Waals surface area contributed by atoms with Crippen LogP contribution >= 0.6 is 0 Å². The number of likely N-dealkylation sites (N-methyl/N-ethyl adjacent to an activating group) is 1. The Morgan fingerprint density at radius 1 is 1.44 bits per heavy atom. The van der Waals surface area contributed by atoms with E-state index in [2.05, 4.69) is 23.4 Å². The van der Waals surface area contributed by atoms with Crippen molar-refractivity contribution in [3.05, 3.63) is 42.1 Å². The highest BCUT2D eigenvalue weighted by Crippen LogP contribution is 2.09. The Morgan fingerprint density at radius 3 is 2.94 bits per heavy atom. The van der Waals surface area contributed by atoms with Crippen LogP contribution in [0.2, 0.25) is 0 Å². The molecule has 1 unspecified atom stereocenters.